The second-order valence-corrected chi connectivity index (χ2v) is 7.18. The van der Waals surface area contributed by atoms with E-state index in [0.717, 1.165) is 11.1 Å². The summed E-state index contributed by atoms with van der Waals surface area (Å²) in [5, 5.41) is 2.85. The van der Waals surface area contributed by atoms with Crippen molar-refractivity contribution in [2.45, 2.75) is 19.4 Å². The molecule has 0 fully saturated rings. The van der Waals surface area contributed by atoms with E-state index in [4.69, 9.17) is 13.9 Å². The predicted molar refractivity (Wildman–Crippen MR) is 120 cm³/mol. The number of nitrogens with zero attached hydrogens (tertiary/aromatic N) is 2. The molecule has 1 N–H and O–H groups in total. The summed E-state index contributed by atoms with van der Waals surface area (Å²) in [5.74, 6) is 1.53. The van der Waals surface area contributed by atoms with Gasteiger partial charge in [0.05, 0.1) is 13.3 Å². The van der Waals surface area contributed by atoms with Gasteiger partial charge in [-0.25, -0.2) is 9.37 Å². The van der Waals surface area contributed by atoms with Crippen molar-refractivity contribution in [3.63, 3.8) is 0 Å². The standard InChI is InChI=1S/C25H22FN3O4/c1-31-21-7-6-20(14-22(21)32-16-17-10-12-27-13-11-17)29-24(30)8-9-25-28-15-23(33-25)18-2-4-19(26)5-3-18/h2-7,10-15H,8-9,16H2,1H3,(H,29,30). The molecule has 0 radical (unpaired) electrons. The van der Waals surface area contributed by atoms with E-state index >= 15 is 0 Å². The molecule has 2 aromatic heterocycles. The Hall–Kier alpha value is -4.20. The number of hydrogen-bond acceptors (Lipinski definition) is 6. The Morgan fingerprint density at radius 2 is 1.85 bits per heavy atom. The van der Waals surface area contributed by atoms with Crippen LogP contribution in [0.5, 0.6) is 11.5 Å². The van der Waals surface area contributed by atoms with Crippen LogP contribution < -0.4 is 14.8 Å². The molecule has 0 atom stereocenters. The Balaban J connectivity index is 1.34. The number of hydrogen-bond donors (Lipinski definition) is 1. The molecule has 168 valence electrons. The molecule has 0 saturated carbocycles. The number of amides is 1. The van der Waals surface area contributed by atoms with E-state index in [0.29, 0.717) is 41.9 Å². The number of anilines is 1. The Kier molecular flexibility index (Phi) is 6.94. The number of methoxy groups -OCH3 is 1. The molecule has 0 unspecified atom stereocenters. The third-order valence-corrected chi connectivity index (χ3v) is 4.84. The van der Waals surface area contributed by atoms with Gasteiger partial charge < -0.3 is 19.2 Å². The van der Waals surface area contributed by atoms with Gasteiger partial charge in [0, 0.05) is 42.6 Å². The Bertz CT molecular complexity index is 1210. The minimum absolute atomic E-state index is 0.183. The maximum Gasteiger partial charge on any atom is 0.224 e. The number of carbonyl (C=O) groups is 1. The molecule has 2 heterocycles. The normalized spacial score (nSPS) is 10.6. The fourth-order valence-corrected chi connectivity index (χ4v) is 3.12. The zero-order valence-electron chi connectivity index (χ0n) is 18.0. The Morgan fingerprint density at radius 3 is 2.61 bits per heavy atom. The van der Waals surface area contributed by atoms with E-state index < -0.39 is 0 Å². The highest BCUT2D eigenvalue weighted by Gasteiger charge is 2.12. The Labute approximate surface area is 190 Å². The van der Waals surface area contributed by atoms with Crippen molar-refractivity contribution in [1.29, 1.82) is 0 Å². The summed E-state index contributed by atoms with van der Waals surface area (Å²) in [6.45, 7) is 0.344. The van der Waals surface area contributed by atoms with Crippen LogP contribution in [0.25, 0.3) is 11.3 Å². The zero-order valence-corrected chi connectivity index (χ0v) is 18.0. The maximum atomic E-state index is 13.1. The van der Waals surface area contributed by atoms with Crippen molar-refractivity contribution < 1.29 is 23.1 Å². The van der Waals surface area contributed by atoms with Crippen LogP contribution in [-0.2, 0) is 17.8 Å². The molecule has 1 amide bonds. The predicted octanol–water partition coefficient (Wildman–Crippen LogP) is 5.03. The summed E-state index contributed by atoms with van der Waals surface area (Å²) >= 11 is 0. The van der Waals surface area contributed by atoms with Crippen LogP contribution in [0.3, 0.4) is 0 Å². The number of rotatable bonds is 9. The van der Waals surface area contributed by atoms with Gasteiger partial charge in [0.2, 0.25) is 5.91 Å². The number of halogens is 1. The first-order chi connectivity index (χ1) is 16.1. The Morgan fingerprint density at radius 1 is 1.06 bits per heavy atom. The van der Waals surface area contributed by atoms with Gasteiger partial charge in [-0.1, -0.05) is 0 Å². The summed E-state index contributed by atoms with van der Waals surface area (Å²) in [6.07, 6.45) is 5.47. The highest BCUT2D eigenvalue weighted by atomic mass is 19.1. The number of pyridine rings is 1. The number of ether oxygens (including phenoxy) is 2. The third kappa shape index (κ3) is 5.94. The summed E-state index contributed by atoms with van der Waals surface area (Å²) in [4.78, 5) is 20.6. The van der Waals surface area contributed by atoms with Gasteiger partial charge in [0.1, 0.15) is 12.4 Å². The lowest BCUT2D eigenvalue weighted by atomic mass is 10.2. The third-order valence-electron chi connectivity index (χ3n) is 4.84. The molecule has 0 spiro atoms. The van der Waals surface area contributed by atoms with Gasteiger partial charge in [-0.3, -0.25) is 9.78 Å². The van der Waals surface area contributed by atoms with Gasteiger partial charge >= 0.3 is 0 Å². The molecular formula is C25H22FN3O4. The summed E-state index contributed by atoms with van der Waals surface area (Å²) in [7, 11) is 1.56. The first-order valence-corrected chi connectivity index (χ1v) is 10.3. The second kappa shape index (κ2) is 10.4. The number of carbonyl (C=O) groups excluding carboxylic acids is 1. The lowest BCUT2D eigenvalue weighted by molar-refractivity contribution is -0.116. The molecule has 0 aliphatic rings. The van der Waals surface area contributed by atoms with Crippen molar-refractivity contribution in [1.82, 2.24) is 9.97 Å². The largest absolute Gasteiger partial charge is 0.493 e. The van der Waals surface area contributed by atoms with Crippen LogP contribution >= 0.6 is 0 Å². The van der Waals surface area contributed by atoms with E-state index in [2.05, 4.69) is 15.3 Å². The van der Waals surface area contributed by atoms with E-state index in [1.165, 1.54) is 12.1 Å². The fourth-order valence-electron chi connectivity index (χ4n) is 3.12. The molecule has 7 nitrogen and oxygen atoms in total. The lowest BCUT2D eigenvalue weighted by Gasteiger charge is -2.13. The molecule has 0 aliphatic heterocycles. The van der Waals surface area contributed by atoms with Crippen molar-refractivity contribution in [3.05, 3.63) is 90.5 Å². The first kappa shape index (κ1) is 22.0. The first-order valence-electron chi connectivity index (χ1n) is 10.3. The molecule has 2 aromatic carbocycles. The SMILES string of the molecule is COc1ccc(NC(=O)CCc2ncc(-c3ccc(F)cc3)o2)cc1OCc1ccncc1. The van der Waals surface area contributed by atoms with Crippen molar-refractivity contribution in [3.8, 4) is 22.8 Å². The number of benzene rings is 2. The highest BCUT2D eigenvalue weighted by molar-refractivity contribution is 5.91. The summed E-state index contributed by atoms with van der Waals surface area (Å²) < 4.78 is 30.0. The summed E-state index contributed by atoms with van der Waals surface area (Å²) in [5.41, 5.74) is 2.27. The van der Waals surface area contributed by atoms with Gasteiger partial charge in [-0.05, 0) is 54.1 Å². The van der Waals surface area contributed by atoms with Gasteiger partial charge in [-0.2, -0.15) is 0 Å². The molecule has 0 aliphatic carbocycles. The minimum Gasteiger partial charge on any atom is -0.493 e. The molecule has 0 saturated heterocycles. The van der Waals surface area contributed by atoms with E-state index in [-0.39, 0.29) is 18.1 Å². The zero-order chi connectivity index (χ0) is 23.0. The van der Waals surface area contributed by atoms with E-state index in [9.17, 15) is 9.18 Å². The van der Waals surface area contributed by atoms with Crippen LogP contribution in [0.2, 0.25) is 0 Å². The van der Waals surface area contributed by atoms with Gasteiger partial charge in [-0.15, -0.1) is 0 Å². The smallest absolute Gasteiger partial charge is 0.224 e. The van der Waals surface area contributed by atoms with Gasteiger partial charge in [0.25, 0.3) is 0 Å². The topological polar surface area (TPSA) is 86.5 Å². The fraction of sp³-hybridized carbons (Fsp3) is 0.160. The number of aromatic nitrogens is 2. The maximum absolute atomic E-state index is 13.1. The second-order valence-electron chi connectivity index (χ2n) is 7.18. The number of nitrogens with one attached hydrogen (secondary N) is 1. The lowest BCUT2D eigenvalue weighted by Crippen LogP contribution is -2.12. The molecular weight excluding hydrogens is 425 g/mol. The molecule has 33 heavy (non-hydrogen) atoms. The highest BCUT2D eigenvalue weighted by Crippen LogP contribution is 2.31. The van der Waals surface area contributed by atoms with Crippen LogP contribution in [0.1, 0.15) is 17.9 Å². The average Bonchev–Trinajstić information content (AvgIpc) is 3.32. The van der Waals surface area contributed by atoms with Crippen LogP contribution in [0, 0.1) is 5.82 Å². The van der Waals surface area contributed by atoms with Crippen molar-refractivity contribution in [2.75, 3.05) is 12.4 Å². The number of aryl methyl sites for hydroxylation is 1. The monoisotopic (exact) mass is 447 g/mol. The van der Waals surface area contributed by atoms with Crippen LogP contribution in [0.4, 0.5) is 10.1 Å². The quantitative estimate of drug-likeness (QED) is 0.387. The molecule has 8 heteroatoms. The van der Waals surface area contributed by atoms with Crippen LogP contribution in [0.15, 0.2) is 77.6 Å². The van der Waals surface area contributed by atoms with Crippen molar-refractivity contribution >= 4 is 11.6 Å². The molecule has 4 aromatic rings. The summed E-state index contributed by atoms with van der Waals surface area (Å²) in [6, 6.07) is 14.9. The molecule has 4 rings (SSSR count). The molecule has 0 bridgehead atoms. The van der Waals surface area contributed by atoms with E-state index in [1.54, 1.807) is 56.0 Å². The van der Waals surface area contributed by atoms with E-state index in [1.807, 2.05) is 12.1 Å². The van der Waals surface area contributed by atoms with Crippen molar-refractivity contribution in [2.24, 2.45) is 0 Å². The average molecular weight is 447 g/mol. The van der Waals surface area contributed by atoms with Crippen LogP contribution in [-0.4, -0.2) is 23.0 Å². The van der Waals surface area contributed by atoms with Gasteiger partial charge in [0.15, 0.2) is 23.1 Å². The number of oxazole rings is 1. The minimum atomic E-state index is -0.320.